The zero-order valence-corrected chi connectivity index (χ0v) is 17.6. The van der Waals surface area contributed by atoms with Crippen molar-refractivity contribution in [2.45, 2.75) is 17.8 Å². The number of amides is 1. The van der Waals surface area contributed by atoms with E-state index in [1.807, 2.05) is 30.3 Å². The van der Waals surface area contributed by atoms with Crippen molar-refractivity contribution in [3.63, 3.8) is 0 Å². The first-order valence-corrected chi connectivity index (χ1v) is 10.2. The van der Waals surface area contributed by atoms with Crippen molar-refractivity contribution in [2.75, 3.05) is 5.32 Å². The van der Waals surface area contributed by atoms with Crippen LogP contribution in [-0.2, 0) is 5.75 Å². The first-order valence-electron chi connectivity index (χ1n) is 7.79. The minimum atomic E-state index is -0.351. The Morgan fingerprint density at radius 3 is 2.73 bits per heavy atom. The second-order valence-electron chi connectivity index (χ2n) is 5.59. The SMILES string of the molecule is Cc1cccc(CSc2ncc(Cl)c(C(=O)Nc3ccc(I)cc3)n2)c1. The van der Waals surface area contributed by atoms with E-state index in [2.05, 4.69) is 63.0 Å². The van der Waals surface area contributed by atoms with Crippen molar-refractivity contribution in [3.05, 3.63) is 80.1 Å². The molecule has 7 heteroatoms. The van der Waals surface area contributed by atoms with E-state index >= 15 is 0 Å². The van der Waals surface area contributed by atoms with Gasteiger partial charge in [0, 0.05) is 15.0 Å². The Morgan fingerprint density at radius 1 is 1.23 bits per heavy atom. The van der Waals surface area contributed by atoms with Crippen LogP contribution in [0.1, 0.15) is 21.6 Å². The smallest absolute Gasteiger partial charge is 0.275 e. The Labute approximate surface area is 174 Å². The van der Waals surface area contributed by atoms with Crippen molar-refractivity contribution >= 4 is 57.5 Å². The van der Waals surface area contributed by atoms with Gasteiger partial charge in [-0.05, 0) is 59.3 Å². The summed E-state index contributed by atoms with van der Waals surface area (Å²) in [5.74, 6) is 0.373. The lowest BCUT2D eigenvalue weighted by molar-refractivity contribution is 0.102. The zero-order chi connectivity index (χ0) is 18.5. The van der Waals surface area contributed by atoms with Crippen LogP contribution in [0.3, 0.4) is 0 Å². The maximum absolute atomic E-state index is 12.5. The summed E-state index contributed by atoms with van der Waals surface area (Å²) in [6.07, 6.45) is 1.47. The molecule has 4 nitrogen and oxygen atoms in total. The maximum atomic E-state index is 12.5. The van der Waals surface area contributed by atoms with Gasteiger partial charge in [0.15, 0.2) is 10.9 Å². The molecule has 0 aliphatic heterocycles. The van der Waals surface area contributed by atoms with E-state index in [9.17, 15) is 4.79 Å². The van der Waals surface area contributed by atoms with Crippen LogP contribution in [-0.4, -0.2) is 15.9 Å². The molecule has 0 aliphatic carbocycles. The second-order valence-corrected chi connectivity index (χ2v) is 8.18. The topological polar surface area (TPSA) is 54.9 Å². The molecule has 2 aromatic carbocycles. The molecular weight excluding hydrogens is 481 g/mol. The molecule has 1 N–H and O–H groups in total. The molecule has 0 unspecified atom stereocenters. The molecule has 3 rings (SSSR count). The number of nitrogens with zero attached hydrogens (tertiary/aromatic N) is 2. The molecule has 0 aliphatic rings. The van der Waals surface area contributed by atoms with E-state index < -0.39 is 0 Å². The molecule has 0 bridgehead atoms. The lowest BCUT2D eigenvalue weighted by Crippen LogP contribution is -2.15. The molecule has 0 atom stereocenters. The van der Waals surface area contributed by atoms with E-state index in [1.165, 1.54) is 29.1 Å². The van der Waals surface area contributed by atoms with Gasteiger partial charge in [-0.1, -0.05) is 53.2 Å². The molecule has 1 aromatic heterocycles. The highest BCUT2D eigenvalue weighted by Crippen LogP contribution is 2.23. The second kappa shape index (κ2) is 8.83. The van der Waals surface area contributed by atoms with Crippen molar-refractivity contribution in [1.82, 2.24) is 9.97 Å². The van der Waals surface area contributed by atoms with E-state index in [0.29, 0.717) is 10.8 Å². The molecule has 26 heavy (non-hydrogen) atoms. The lowest BCUT2D eigenvalue weighted by Gasteiger charge is -2.08. The summed E-state index contributed by atoms with van der Waals surface area (Å²) in [5, 5.41) is 3.56. The fraction of sp³-hybridized carbons (Fsp3) is 0.105. The number of hydrogen-bond donors (Lipinski definition) is 1. The highest BCUT2D eigenvalue weighted by Gasteiger charge is 2.15. The number of aryl methyl sites for hydroxylation is 1. The number of carbonyl (C=O) groups is 1. The molecule has 0 spiro atoms. The number of anilines is 1. The standard InChI is InChI=1S/C19H15ClIN3OS/c1-12-3-2-4-13(9-12)11-26-19-22-10-16(20)17(24-19)18(25)23-15-7-5-14(21)6-8-15/h2-10H,11H2,1H3,(H,23,25). The van der Waals surface area contributed by atoms with Crippen LogP contribution in [0.15, 0.2) is 59.9 Å². The predicted octanol–water partition coefficient (Wildman–Crippen LogP) is 5.59. The van der Waals surface area contributed by atoms with Gasteiger partial charge in [0.05, 0.1) is 11.2 Å². The predicted molar refractivity (Wildman–Crippen MR) is 115 cm³/mol. The van der Waals surface area contributed by atoms with Crippen molar-refractivity contribution < 1.29 is 4.79 Å². The monoisotopic (exact) mass is 495 g/mol. The van der Waals surface area contributed by atoms with Gasteiger partial charge in [-0.2, -0.15) is 0 Å². The highest BCUT2D eigenvalue weighted by atomic mass is 127. The molecule has 0 saturated heterocycles. The Kier molecular flexibility index (Phi) is 6.50. The zero-order valence-electron chi connectivity index (χ0n) is 13.9. The molecule has 1 heterocycles. The van der Waals surface area contributed by atoms with Gasteiger partial charge in [-0.25, -0.2) is 9.97 Å². The van der Waals surface area contributed by atoms with Gasteiger partial charge in [0.1, 0.15) is 0 Å². The lowest BCUT2D eigenvalue weighted by atomic mass is 10.2. The third-order valence-corrected chi connectivity index (χ3v) is 5.42. The molecule has 132 valence electrons. The third-order valence-electron chi connectivity index (χ3n) is 3.49. The number of nitrogens with one attached hydrogen (secondary N) is 1. The average Bonchev–Trinajstić information content (AvgIpc) is 2.63. The van der Waals surface area contributed by atoms with E-state index in [1.54, 1.807) is 0 Å². The summed E-state index contributed by atoms with van der Waals surface area (Å²) in [6.45, 7) is 2.06. The Morgan fingerprint density at radius 2 is 2.00 bits per heavy atom. The van der Waals surface area contributed by atoms with Crippen LogP contribution >= 0.6 is 46.0 Å². The van der Waals surface area contributed by atoms with Crippen LogP contribution in [0.5, 0.6) is 0 Å². The van der Waals surface area contributed by atoms with Gasteiger partial charge < -0.3 is 5.32 Å². The van der Waals surface area contributed by atoms with Crippen LogP contribution in [0.4, 0.5) is 5.69 Å². The van der Waals surface area contributed by atoms with Gasteiger partial charge in [-0.3, -0.25) is 4.79 Å². The molecular formula is C19H15ClIN3OS. The summed E-state index contributed by atoms with van der Waals surface area (Å²) in [5.41, 5.74) is 3.25. The normalized spacial score (nSPS) is 10.6. The molecule has 0 saturated carbocycles. The maximum Gasteiger partial charge on any atom is 0.275 e. The van der Waals surface area contributed by atoms with Crippen LogP contribution < -0.4 is 5.32 Å². The van der Waals surface area contributed by atoms with Gasteiger partial charge in [0.25, 0.3) is 5.91 Å². The van der Waals surface area contributed by atoms with Crippen LogP contribution in [0, 0.1) is 10.5 Å². The quantitative estimate of drug-likeness (QED) is 0.285. The molecule has 1 amide bonds. The first-order chi connectivity index (χ1) is 12.5. The Bertz CT molecular complexity index is 934. The van der Waals surface area contributed by atoms with Gasteiger partial charge in [0.2, 0.25) is 0 Å². The number of thioether (sulfide) groups is 1. The summed E-state index contributed by atoms with van der Waals surface area (Å²) in [7, 11) is 0. The average molecular weight is 496 g/mol. The molecule has 0 fully saturated rings. The Balaban J connectivity index is 1.72. The van der Waals surface area contributed by atoms with E-state index in [-0.39, 0.29) is 16.6 Å². The highest BCUT2D eigenvalue weighted by molar-refractivity contribution is 14.1. The van der Waals surface area contributed by atoms with E-state index in [4.69, 9.17) is 11.6 Å². The summed E-state index contributed by atoms with van der Waals surface area (Å²) >= 11 is 9.80. The van der Waals surface area contributed by atoms with Crippen molar-refractivity contribution in [3.8, 4) is 0 Å². The number of aromatic nitrogens is 2. The summed E-state index contributed by atoms with van der Waals surface area (Å²) < 4.78 is 1.09. The number of benzene rings is 2. The number of carbonyl (C=O) groups excluding carboxylic acids is 1. The summed E-state index contributed by atoms with van der Waals surface area (Å²) in [4.78, 5) is 21.0. The van der Waals surface area contributed by atoms with Gasteiger partial charge in [-0.15, -0.1) is 0 Å². The van der Waals surface area contributed by atoms with Crippen molar-refractivity contribution in [2.24, 2.45) is 0 Å². The minimum Gasteiger partial charge on any atom is -0.321 e. The number of halogens is 2. The Hall–Kier alpha value is -1.64. The van der Waals surface area contributed by atoms with E-state index in [0.717, 1.165) is 9.32 Å². The molecule has 3 aromatic rings. The van der Waals surface area contributed by atoms with Gasteiger partial charge >= 0.3 is 0 Å². The van der Waals surface area contributed by atoms with Crippen molar-refractivity contribution in [1.29, 1.82) is 0 Å². The fourth-order valence-electron chi connectivity index (χ4n) is 2.25. The number of rotatable bonds is 5. The van der Waals surface area contributed by atoms with Crippen LogP contribution in [0.2, 0.25) is 5.02 Å². The number of hydrogen-bond acceptors (Lipinski definition) is 4. The first kappa shape index (κ1) is 19.1. The molecule has 0 radical (unpaired) electrons. The minimum absolute atomic E-state index is 0.173. The third kappa shape index (κ3) is 5.18. The summed E-state index contributed by atoms with van der Waals surface area (Å²) in [6, 6.07) is 15.8. The fourth-order valence-corrected chi connectivity index (χ4v) is 3.55. The van der Waals surface area contributed by atoms with Crippen LogP contribution in [0.25, 0.3) is 0 Å². The largest absolute Gasteiger partial charge is 0.321 e.